The molecule has 0 fully saturated rings. The maximum Gasteiger partial charge on any atom is 0.314 e. The molecule has 0 saturated carbocycles. The number of aromatic nitrogens is 1. The second-order valence-corrected chi connectivity index (χ2v) is 5.70. The summed E-state index contributed by atoms with van der Waals surface area (Å²) in [6, 6.07) is 12.1. The molecular formula is C20H19N3O5. The van der Waals surface area contributed by atoms with Crippen molar-refractivity contribution in [3.63, 3.8) is 0 Å². The van der Waals surface area contributed by atoms with Gasteiger partial charge in [-0.3, -0.25) is 14.6 Å². The van der Waals surface area contributed by atoms with E-state index < -0.39 is 11.8 Å². The largest absolute Gasteiger partial charge is 0.493 e. The van der Waals surface area contributed by atoms with Crippen LogP contribution in [-0.4, -0.2) is 38.1 Å². The van der Waals surface area contributed by atoms with Crippen LogP contribution in [0.25, 0.3) is 10.9 Å². The number of rotatable bonds is 5. The molecule has 0 bridgehead atoms. The van der Waals surface area contributed by atoms with Crippen molar-refractivity contribution in [3.8, 4) is 17.2 Å². The van der Waals surface area contributed by atoms with Gasteiger partial charge in [-0.25, -0.2) is 0 Å². The van der Waals surface area contributed by atoms with Gasteiger partial charge in [-0.15, -0.1) is 0 Å². The third-order valence-corrected chi connectivity index (χ3v) is 4.01. The topological polar surface area (TPSA) is 98.8 Å². The van der Waals surface area contributed by atoms with Crippen LogP contribution >= 0.6 is 0 Å². The quantitative estimate of drug-likeness (QED) is 0.660. The summed E-state index contributed by atoms with van der Waals surface area (Å²) in [5.41, 5.74) is 1.37. The molecule has 0 aliphatic heterocycles. The van der Waals surface area contributed by atoms with Crippen molar-refractivity contribution in [2.75, 3.05) is 32.0 Å². The van der Waals surface area contributed by atoms with E-state index in [1.807, 2.05) is 12.1 Å². The highest BCUT2D eigenvalue weighted by molar-refractivity contribution is 6.44. The van der Waals surface area contributed by atoms with Crippen LogP contribution in [0.4, 0.5) is 11.4 Å². The fourth-order valence-corrected chi connectivity index (χ4v) is 2.73. The van der Waals surface area contributed by atoms with Crippen LogP contribution in [0.3, 0.4) is 0 Å². The average molecular weight is 381 g/mol. The van der Waals surface area contributed by atoms with Crippen molar-refractivity contribution < 1.29 is 23.8 Å². The molecule has 8 nitrogen and oxygen atoms in total. The Kier molecular flexibility index (Phi) is 5.59. The van der Waals surface area contributed by atoms with E-state index in [2.05, 4.69) is 15.6 Å². The number of fused-ring (bicyclic) bond motifs is 1. The minimum Gasteiger partial charge on any atom is -0.493 e. The summed E-state index contributed by atoms with van der Waals surface area (Å²) in [6.07, 6.45) is 1.62. The molecular weight excluding hydrogens is 362 g/mol. The number of nitrogens with one attached hydrogen (secondary N) is 2. The first-order valence-electron chi connectivity index (χ1n) is 8.33. The lowest BCUT2D eigenvalue weighted by atomic mass is 10.2. The number of hydrogen-bond acceptors (Lipinski definition) is 6. The summed E-state index contributed by atoms with van der Waals surface area (Å²) in [4.78, 5) is 29.0. The van der Waals surface area contributed by atoms with E-state index in [4.69, 9.17) is 14.2 Å². The standard InChI is InChI=1S/C20H19N3O5/c1-26-15-10-13(11-16(27-2)18(15)28-3)22-19(24)20(25)23-14-8-4-6-12-7-5-9-21-17(12)14/h4-11H,1-3H3,(H,22,24)(H,23,25). The predicted octanol–water partition coefficient (Wildman–Crippen LogP) is 2.84. The number of para-hydroxylation sites is 1. The summed E-state index contributed by atoms with van der Waals surface area (Å²) < 4.78 is 15.7. The molecule has 1 aromatic heterocycles. The molecule has 0 radical (unpaired) electrons. The third kappa shape index (κ3) is 3.80. The minimum atomic E-state index is -0.845. The van der Waals surface area contributed by atoms with Crippen molar-refractivity contribution in [2.45, 2.75) is 0 Å². The number of carbonyl (C=O) groups excluding carboxylic acids is 2. The van der Waals surface area contributed by atoms with E-state index in [0.717, 1.165) is 5.39 Å². The van der Waals surface area contributed by atoms with Gasteiger partial charge in [0.1, 0.15) is 0 Å². The van der Waals surface area contributed by atoms with Gasteiger partial charge in [0.2, 0.25) is 5.75 Å². The zero-order chi connectivity index (χ0) is 20.1. The number of methoxy groups -OCH3 is 3. The summed E-state index contributed by atoms with van der Waals surface area (Å²) in [5, 5.41) is 5.96. The van der Waals surface area contributed by atoms with Crippen LogP contribution < -0.4 is 24.8 Å². The Bertz CT molecular complexity index is 1010. The van der Waals surface area contributed by atoms with Gasteiger partial charge in [-0.05, 0) is 12.1 Å². The first kappa shape index (κ1) is 19.0. The molecule has 144 valence electrons. The van der Waals surface area contributed by atoms with E-state index >= 15 is 0 Å². The summed E-state index contributed by atoms with van der Waals surface area (Å²) in [6.45, 7) is 0. The predicted molar refractivity (Wildman–Crippen MR) is 105 cm³/mol. The molecule has 8 heteroatoms. The molecule has 0 aliphatic carbocycles. The second kappa shape index (κ2) is 8.26. The fourth-order valence-electron chi connectivity index (χ4n) is 2.73. The van der Waals surface area contributed by atoms with Crippen molar-refractivity contribution in [1.82, 2.24) is 4.98 Å². The lowest BCUT2D eigenvalue weighted by molar-refractivity contribution is -0.132. The molecule has 0 unspecified atom stereocenters. The highest BCUT2D eigenvalue weighted by atomic mass is 16.5. The summed E-state index contributed by atoms with van der Waals surface area (Å²) >= 11 is 0. The maximum absolute atomic E-state index is 12.4. The van der Waals surface area contributed by atoms with Crippen molar-refractivity contribution in [2.24, 2.45) is 0 Å². The Labute approximate surface area is 161 Å². The third-order valence-electron chi connectivity index (χ3n) is 4.01. The van der Waals surface area contributed by atoms with Gasteiger partial charge in [0.25, 0.3) is 0 Å². The summed E-state index contributed by atoms with van der Waals surface area (Å²) in [7, 11) is 4.40. The molecule has 0 saturated heterocycles. The van der Waals surface area contributed by atoms with Gasteiger partial charge in [-0.2, -0.15) is 0 Å². The van der Waals surface area contributed by atoms with Crippen LogP contribution in [-0.2, 0) is 9.59 Å². The zero-order valence-corrected chi connectivity index (χ0v) is 15.6. The Morgan fingerprint density at radius 3 is 2.14 bits per heavy atom. The van der Waals surface area contributed by atoms with Gasteiger partial charge in [0.15, 0.2) is 11.5 Å². The number of anilines is 2. The van der Waals surface area contributed by atoms with E-state index in [1.54, 1.807) is 24.4 Å². The fraction of sp³-hybridized carbons (Fsp3) is 0.150. The monoisotopic (exact) mass is 381 g/mol. The Hall–Kier alpha value is -3.81. The van der Waals surface area contributed by atoms with E-state index in [-0.39, 0.29) is 0 Å². The van der Waals surface area contributed by atoms with Crippen LogP contribution in [0.1, 0.15) is 0 Å². The molecule has 2 aromatic carbocycles. The smallest absolute Gasteiger partial charge is 0.314 e. The Balaban J connectivity index is 1.80. The lowest BCUT2D eigenvalue weighted by Crippen LogP contribution is -2.29. The maximum atomic E-state index is 12.4. The van der Waals surface area contributed by atoms with Crippen LogP contribution in [0.5, 0.6) is 17.2 Å². The highest BCUT2D eigenvalue weighted by Gasteiger charge is 2.19. The first-order chi connectivity index (χ1) is 13.6. The van der Waals surface area contributed by atoms with Crippen LogP contribution in [0.15, 0.2) is 48.7 Å². The van der Waals surface area contributed by atoms with Gasteiger partial charge in [0.05, 0.1) is 32.5 Å². The van der Waals surface area contributed by atoms with Gasteiger partial charge < -0.3 is 24.8 Å². The first-order valence-corrected chi connectivity index (χ1v) is 8.33. The minimum absolute atomic E-state index is 0.325. The average Bonchev–Trinajstić information content (AvgIpc) is 2.73. The molecule has 2 amide bonds. The van der Waals surface area contributed by atoms with Gasteiger partial charge in [-0.1, -0.05) is 18.2 Å². The number of ether oxygens (including phenoxy) is 3. The van der Waals surface area contributed by atoms with E-state index in [0.29, 0.717) is 34.1 Å². The molecule has 0 spiro atoms. The molecule has 0 atom stereocenters. The number of pyridine rings is 1. The van der Waals surface area contributed by atoms with Gasteiger partial charge >= 0.3 is 11.8 Å². The number of nitrogens with zero attached hydrogens (tertiary/aromatic N) is 1. The summed E-state index contributed by atoms with van der Waals surface area (Å²) in [5.74, 6) is -0.574. The van der Waals surface area contributed by atoms with Crippen LogP contribution in [0.2, 0.25) is 0 Å². The zero-order valence-electron chi connectivity index (χ0n) is 15.6. The van der Waals surface area contributed by atoms with Gasteiger partial charge in [0, 0.05) is 29.4 Å². The van der Waals surface area contributed by atoms with Crippen molar-refractivity contribution in [3.05, 3.63) is 48.7 Å². The molecule has 2 N–H and O–H groups in total. The second-order valence-electron chi connectivity index (χ2n) is 5.70. The Morgan fingerprint density at radius 2 is 1.50 bits per heavy atom. The van der Waals surface area contributed by atoms with Crippen molar-refractivity contribution in [1.29, 1.82) is 0 Å². The number of amides is 2. The molecule has 3 aromatic rings. The molecule has 1 heterocycles. The number of hydrogen-bond donors (Lipinski definition) is 2. The van der Waals surface area contributed by atoms with Crippen LogP contribution in [0, 0.1) is 0 Å². The molecule has 3 rings (SSSR count). The molecule has 28 heavy (non-hydrogen) atoms. The number of carbonyl (C=O) groups is 2. The number of benzene rings is 2. The Morgan fingerprint density at radius 1 is 0.857 bits per heavy atom. The molecule has 0 aliphatic rings. The lowest BCUT2D eigenvalue weighted by Gasteiger charge is -2.14. The normalized spacial score (nSPS) is 10.2. The van der Waals surface area contributed by atoms with E-state index in [1.165, 1.54) is 33.5 Å². The van der Waals surface area contributed by atoms with E-state index in [9.17, 15) is 9.59 Å². The van der Waals surface area contributed by atoms with Crippen molar-refractivity contribution >= 4 is 34.1 Å². The SMILES string of the molecule is COc1cc(NC(=O)C(=O)Nc2cccc3cccnc23)cc(OC)c1OC. The highest BCUT2D eigenvalue weighted by Crippen LogP contribution is 2.39.